The molecule has 0 saturated heterocycles. The summed E-state index contributed by atoms with van der Waals surface area (Å²) in [5.41, 5.74) is 1.51. The molecule has 1 atom stereocenters. The summed E-state index contributed by atoms with van der Waals surface area (Å²) in [6.07, 6.45) is 3.12. The van der Waals surface area contributed by atoms with Gasteiger partial charge in [0.05, 0.1) is 7.11 Å². The molecule has 0 aliphatic rings. The normalized spacial score (nSPS) is 11.9. The number of aromatic hydroxyl groups is 2. The molecule has 0 unspecified atom stereocenters. The first kappa shape index (κ1) is 18.1. The predicted octanol–water partition coefficient (Wildman–Crippen LogP) is 2.01. The van der Waals surface area contributed by atoms with Crippen molar-refractivity contribution in [1.29, 1.82) is 0 Å². The van der Waals surface area contributed by atoms with Crippen LogP contribution in [0.4, 0.5) is 0 Å². The smallest absolute Gasteiger partial charge is 0.328 e. The van der Waals surface area contributed by atoms with Gasteiger partial charge in [-0.2, -0.15) is 0 Å². The summed E-state index contributed by atoms with van der Waals surface area (Å²) in [6, 6.07) is 11.9. The Balaban J connectivity index is 2.02. The molecule has 0 heterocycles. The maximum Gasteiger partial charge on any atom is 0.328 e. The van der Waals surface area contributed by atoms with E-state index in [9.17, 15) is 19.8 Å². The highest BCUT2D eigenvalue weighted by Crippen LogP contribution is 2.12. The fraction of sp³-hybridized carbons (Fsp3) is 0.158. The highest BCUT2D eigenvalue weighted by molar-refractivity contribution is 5.94. The van der Waals surface area contributed by atoms with Gasteiger partial charge >= 0.3 is 5.97 Å². The van der Waals surface area contributed by atoms with Gasteiger partial charge in [0.1, 0.15) is 17.5 Å². The first-order chi connectivity index (χ1) is 12.0. The number of hydrogen-bond acceptors (Lipinski definition) is 5. The van der Waals surface area contributed by atoms with Gasteiger partial charge < -0.3 is 20.3 Å². The molecule has 130 valence electrons. The molecule has 2 aromatic carbocycles. The van der Waals surface area contributed by atoms with Crippen LogP contribution < -0.4 is 5.32 Å². The third kappa shape index (κ3) is 5.69. The van der Waals surface area contributed by atoms with E-state index in [2.05, 4.69) is 5.32 Å². The minimum atomic E-state index is -0.841. The van der Waals surface area contributed by atoms with Gasteiger partial charge in [-0.15, -0.1) is 0 Å². The van der Waals surface area contributed by atoms with Crippen LogP contribution in [0.1, 0.15) is 11.1 Å². The van der Waals surface area contributed by atoms with Crippen molar-refractivity contribution < 1.29 is 24.5 Å². The van der Waals surface area contributed by atoms with Crippen LogP contribution in [0.15, 0.2) is 54.6 Å². The topological polar surface area (TPSA) is 95.9 Å². The zero-order valence-electron chi connectivity index (χ0n) is 13.7. The largest absolute Gasteiger partial charge is 0.508 e. The number of rotatable bonds is 6. The van der Waals surface area contributed by atoms with E-state index in [-0.39, 0.29) is 17.9 Å². The first-order valence-electron chi connectivity index (χ1n) is 7.61. The molecule has 2 aromatic rings. The Morgan fingerprint density at radius 3 is 2.16 bits per heavy atom. The van der Waals surface area contributed by atoms with E-state index < -0.39 is 17.9 Å². The first-order valence-corrected chi connectivity index (χ1v) is 7.61. The number of amides is 1. The van der Waals surface area contributed by atoms with E-state index in [0.717, 1.165) is 11.1 Å². The highest BCUT2D eigenvalue weighted by Gasteiger charge is 2.21. The van der Waals surface area contributed by atoms with Gasteiger partial charge in [-0.3, -0.25) is 4.79 Å². The lowest BCUT2D eigenvalue weighted by atomic mass is 10.1. The van der Waals surface area contributed by atoms with E-state index >= 15 is 0 Å². The summed E-state index contributed by atoms with van der Waals surface area (Å²) in [5, 5.41) is 21.1. The number of nitrogens with one attached hydrogen (secondary N) is 1. The molecule has 0 aliphatic heterocycles. The lowest BCUT2D eigenvalue weighted by molar-refractivity contribution is -0.144. The number of methoxy groups -OCH3 is 1. The standard InChI is InChI=1S/C19H19NO5/c1-25-19(24)17(12-14-4-9-16(22)10-5-14)20-18(23)11-6-13-2-7-15(21)8-3-13/h2-11,17,21-22H,12H2,1H3,(H,20,23)/t17-/m0/s1. The number of carbonyl (C=O) groups is 2. The van der Waals surface area contributed by atoms with Crippen molar-refractivity contribution >= 4 is 18.0 Å². The molecule has 0 aromatic heterocycles. The lowest BCUT2D eigenvalue weighted by Crippen LogP contribution is -2.42. The second-order valence-corrected chi connectivity index (χ2v) is 5.38. The van der Waals surface area contributed by atoms with Crippen LogP contribution in [0.5, 0.6) is 11.5 Å². The van der Waals surface area contributed by atoms with Gasteiger partial charge in [-0.1, -0.05) is 24.3 Å². The molecule has 6 heteroatoms. The number of ether oxygens (including phenoxy) is 1. The molecule has 1 amide bonds. The molecule has 3 N–H and O–H groups in total. The van der Waals surface area contributed by atoms with Crippen molar-refractivity contribution in [2.45, 2.75) is 12.5 Å². The molecule has 0 bridgehead atoms. The summed E-state index contributed by atoms with van der Waals surface area (Å²) in [7, 11) is 1.25. The zero-order valence-corrected chi connectivity index (χ0v) is 13.7. The van der Waals surface area contributed by atoms with Crippen LogP contribution in [-0.4, -0.2) is 35.2 Å². The maximum atomic E-state index is 12.1. The number of hydrogen-bond donors (Lipinski definition) is 3. The molecular weight excluding hydrogens is 322 g/mol. The number of phenols is 2. The monoisotopic (exact) mass is 341 g/mol. The Morgan fingerprint density at radius 1 is 1.04 bits per heavy atom. The van der Waals surface area contributed by atoms with Crippen LogP contribution in [0.25, 0.3) is 6.08 Å². The fourth-order valence-corrected chi connectivity index (χ4v) is 2.18. The quantitative estimate of drug-likeness (QED) is 0.552. The van der Waals surface area contributed by atoms with Crippen LogP contribution in [0, 0.1) is 0 Å². The third-order valence-electron chi connectivity index (χ3n) is 3.50. The molecule has 6 nitrogen and oxygen atoms in total. The second-order valence-electron chi connectivity index (χ2n) is 5.38. The Morgan fingerprint density at radius 2 is 1.60 bits per heavy atom. The lowest BCUT2D eigenvalue weighted by Gasteiger charge is -2.15. The van der Waals surface area contributed by atoms with Crippen molar-refractivity contribution in [3.8, 4) is 11.5 Å². The Hall–Kier alpha value is -3.28. The van der Waals surface area contributed by atoms with Gasteiger partial charge in [0.25, 0.3) is 0 Å². The summed E-state index contributed by atoms with van der Waals surface area (Å²) in [6.45, 7) is 0. The maximum absolute atomic E-state index is 12.1. The number of benzene rings is 2. The van der Waals surface area contributed by atoms with Crippen molar-refractivity contribution in [2.24, 2.45) is 0 Å². The van der Waals surface area contributed by atoms with Gasteiger partial charge in [-0.05, 0) is 41.5 Å². The number of phenolic OH excluding ortho intramolecular Hbond substituents is 2. The Kier molecular flexibility index (Phi) is 6.17. The van der Waals surface area contributed by atoms with Crippen LogP contribution in [0.2, 0.25) is 0 Å². The van der Waals surface area contributed by atoms with E-state index in [1.165, 1.54) is 37.5 Å². The average molecular weight is 341 g/mol. The van der Waals surface area contributed by atoms with E-state index in [0.29, 0.717) is 0 Å². The summed E-state index contributed by atoms with van der Waals surface area (Å²) >= 11 is 0. The van der Waals surface area contributed by atoms with Crippen molar-refractivity contribution in [1.82, 2.24) is 5.32 Å². The molecule has 0 spiro atoms. The van der Waals surface area contributed by atoms with Crippen molar-refractivity contribution in [3.63, 3.8) is 0 Å². The minimum Gasteiger partial charge on any atom is -0.508 e. The third-order valence-corrected chi connectivity index (χ3v) is 3.50. The predicted molar refractivity (Wildman–Crippen MR) is 92.9 cm³/mol. The molecular formula is C19H19NO5. The zero-order chi connectivity index (χ0) is 18.2. The van der Waals surface area contributed by atoms with E-state index in [1.807, 2.05) is 0 Å². The Labute approximate surface area is 145 Å². The summed E-state index contributed by atoms with van der Waals surface area (Å²) in [5.74, 6) is -0.734. The van der Waals surface area contributed by atoms with E-state index in [1.54, 1.807) is 30.3 Å². The molecule has 0 radical (unpaired) electrons. The van der Waals surface area contributed by atoms with Crippen LogP contribution >= 0.6 is 0 Å². The van der Waals surface area contributed by atoms with Crippen molar-refractivity contribution in [3.05, 3.63) is 65.7 Å². The second kappa shape index (κ2) is 8.54. The fourth-order valence-electron chi connectivity index (χ4n) is 2.18. The molecule has 25 heavy (non-hydrogen) atoms. The van der Waals surface area contributed by atoms with Crippen LogP contribution in [-0.2, 0) is 20.7 Å². The van der Waals surface area contributed by atoms with Crippen LogP contribution in [0.3, 0.4) is 0 Å². The van der Waals surface area contributed by atoms with Gasteiger partial charge in [0.2, 0.25) is 5.91 Å². The van der Waals surface area contributed by atoms with Gasteiger partial charge in [0, 0.05) is 12.5 Å². The average Bonchev–Trinajstić information content (AvgIpc) is 2.62. The van der Waals surface area contributed by atoms with Crippen molar-refractivity contribution in [2.75, 3.05) is 7.11 Å². The molecule has 0 aliphatic carbocycles. The minimum absolute atomic E-state index is 0.124. The SMILES string of the molecule is COC(=O)[C@H](Cc1ccc(O)cc1)NC(=O)C=Cc1ccc(O)cc1. The molecule has 0 saturated carbocycles. The number of carbonyl (C=O) groups excluding carboxylic acids is 2. The van der Waals surface area contributed by atoms with Gasteiger partial charge in [-0.25, -0.2) is 4.79 Å². The summed E-state index contributed by atoms with van der Waals surface area (Å²) in [4.78, 5) is 24.0. The Bertz CT molecular complexity index is 750. The number of esters is 1. The molecule has 0 fully saturated rings. The summed E-state index contributed by atoms with van der Waals surface area (Å²) < 4.78 is 4.73. The van der Waals surface area contributed by atoms with E-state index in [4.69, 9.17) is 4.74 Å². The highest BCUT2D eigenvalue weighted by atomic mass is 16.5. The molecule has 2 rings (SSSR count). The van der Waals surface area contributed by atoms with Gasteiger partial charge in [0.15, 0.2) is 0 Å².